The van der Waals surface area contributed by atoms with Gasteiger partial charge in [0.2, 0.25) is 5.76 Å². The maximum Gasteiger partial charge on any atom is 0.297 e. The highest BCUT2D eigenvalue weighted by Crippen LogP contribution is 2.44. The molecule has 1 amide bonds. The lowest BCUT2D eigenvalue weighted by Crippen LogP contribution is -2.29. The van der Waals surface area contributed by atoms with Gasteiger partial charge in [-0.1, -0.05) is 17.7 Å². The molecule has 2 aromatic heterocycles. The molecule has 0 radical (unpaired) electrons. The predicted molar refractivity (Wildman–Crippen MR) is 132 cm³/mol. The largest absolute Gasteiger partial charge is 0.493 e. The van der Waals surface area contributed by atoms with E-state index in [0.29, 0.717) is 45.3 Å². The number of hydrogen-bond acceptors (Lipinski definition) is 7. The van der Waals surface area contributed by atoms with E-state index in [-0.39, 0.29) is 17.1 Å². The van der Waals surface area contributed by atoms with Crippen molar-refractivity contribution in [1.29, 1.82) is 0 Å². The topological polar surface area (TPSA) is 81.9 Å². The first-order valence-corrected chi connectivity index (χ1v) is 11.8. The van der Waals surface area contributed by atoms with Crippen LogP contribution >= 0.6 is 11.3 Å². The molecule has 2 aromatic carbocycles. The Morgan fingerprint density at radius 1 is 1.09 bits per heavy atom. The van der Waals surface area contributed by atoms with Crippen molar-refractivity contribution in [3.05, 3.63) is 79.6 Å². The van der Waals surface area contributed by atoms with Crippen molar-refractivity contribution < 1.29 is 18.7 Å². The van der Waals surface area contributed by atoms with Gasteiger partial charge in [0.1, 0.15) is 5.58 Å². The SMILES string of the molecule is CCOc1ccc([C@H]2c3c(oc4ccc(C)cc4c3=O)C(=O)N2c2nc(C)c(C)s2)cc1OC. The summed E-state index contributed by atoms with van der Waals surface area (Å²) in [5.74, 6) is 0.769. The van der Waals surface area contributed by atoms with Gasteiger partial charge >= 0.3 is 0 Å². The van der Waals surface area contributed by atoms with Crippen molar-refractivity contribution in [2.75, 3.05) is 18.6 Å². The van der Waals surface area contributed by atoms with Crippen molar-refractivity contribution >= 4 is 33.3 Å². The van der Waals surface area contributed by atoms with E-state index in [1.54, 1.807) is 36.3 Å². The van der Waals surface area contributed by atoms with Gasteiger partial charge in [-0.3, -0.25) is 14.5 Å². The zero-order chi connectivity index (χ0) is 24.1. The fourth-order valence-corrected chi connectivity index (χ4v) is 5.22. The summed E-state index contributed by atoms with van der Waals surface area (Å²) in [5.41, 5.74) is 2.95. The van der Waals surface area contributed by atoms with E-state index in [2.05, 4.69) is 4.98 Å². The number of carbonyl (C=O) groups excluding carboxylic acids is 1. The Morgan fingerprint density at radius 3 is 2.56 bits per heavy atom. The van der Waals surface area contributed by atoms with Crippen molar-refractivity contribution in [3.8, 4) is 11.5 Å². The molecular formula is C26H24N2O5S. The summed E-state index contributed by atoms with van der Waals surface area (Å²) in [6, 6.07) is 10.1. The molecule has 0 unspecified atom stereocenters. The van der Waals surface area contributed by atoms with E-state index < -0.39 is 6.04 Å². The van der Waals surface area contributed by atoms with Gasteiger partial charge in [-0.2, -0.15) is 0 Å². The molecular weight excluding hydrogens is 452 g/mol. The minimum Gasteiger partial charge on any atom is -0.493 e. The molecule has 1 aliphatic heterocycles. The maximum atomic E-state index is 13.8. The maximum absolute atomic E-state index is 13.8. The molecule has 5 rings (SSSR count). The number of amides is 1. The van der Waals surface area contributed by atoms with Crippen LogP contribution in [0.4, 0.5) is 5.13 Å². The molecule has 0 bridgehead atoms. The minimum atomic E-state index is -0.710. The van der Waals surface area contributed by atoms with Crippen LogP contribution < -0.4 is 19.8 Å². The molecule has 7 nitrogen and oxygen atoms in total. The van der Waals surface area contributed by atoms with Crippen LogP contribution in [0.15, 0.2) is 45.6 Å². The van der Waals surface area contributed by atoms with Crippen LogP contribution in [0, 0.1) is 20.8 Å². The third kappa shape index (κ3) is 3.37. The summed E-state index contributed by atoms with van der Waals surface area (Å²) in [7, 11) is 1.56. The number of aromatic nitrogens is 1. The summed E-state index contributed by atoms with van der Waals surface area (Å²) >= 11 is 1.41. The highest BCUT2D eigenvalue weighted by molar-refractivity contribution is 7.15. The van der Waals surface area contributed by atoms with E-state index in [9.17, 15) is 9.59 Å². The van der Waals surface area contributed by atoms with Crippen LogP contribution in [0.3, 0.4) is 0 Å². The minimum absolute atomic E-state index is 0.0460. The van der Waals surface area contributed by atoms with Gasteiger partial charge in [0, 0.05) is 4.88 Å². The Labute approximate surface area is 200 Å². The molecule has 8 heteroatoms. The van der Waals surface area contributed by atoms with Gasteiger partial charge in [-0.25, -0.2) is 4.98 Å². The molecule has 0 spiro atoms. The van der Waals surface area contributed by atoms with Crippen LogP contribution in [0.2, 0.25) is 0 Å². The van der Waals surface area contributed by atoms with Crippen LogP contribution in [-0.4, -0.2) is 24.6 Å². The number of thiazole rings is 1. The molecule has 0 aliphatic carbocycles. The first kappa shape index (κ1) is 22.2. The molecule has 0 N–H and O–H groups in total. The summed E-state index contributed by atoms with van der Waals surface area (Å²) in [5, 5.41) is 0.965. The summed E-state index contributed by atoms with van der Waals surface area (Å²) in [6.07, 6.45) is 0. The van der Waals surface area contributed by atoms with Crippen LogP contribution in [0.25, 0.3) is 11.0 Å². The second kappa shape index (κ2) is 8.29. The Bertz CT molecular complexity index is 1480. The fourth-order valence-electron chi connectivity index (χ4n) is 4.29. The van der Waals surface area contributed by atoms with E-state index in [1.165, 1.54) is 11.3 Å². The summed E-state index contributed by atoms with van der Waals surface area (Å²) < 4.78 is 17.3. The van der Waals surface area contributed by atoms with Crippen molar-refractivity contribution in [1.82, 2.24) is 4.98 Å². The quantitative estimate of drug-likeness (QED) is 0.387. The number of anilines is 1. The number of rotatable bonds is 5. The van der Waals surface area contributed by atoms with E-state index in [4.69, 9.17) is 13.9 Å². The third-order valence-electron chi connectivity index (χ3n) is 6.05. The molecule has 3 heterocycles. The molecule has 1 atom stereocenters. The van der Waals surface area contributed by atoms with Crippen molar-refractivity contribution in [2.24, 2.45) is 0 Å². The second-order valence-electron chi connectivity index (χ2n) is 8.23. The summed E-state index contributed by atoms with van der Waals surface area (Å²) in [6.45, 7) is 8.16. The first-order chi connectivity index (χ1) is 16.3. The third-order valence-corrected chi connectivity index (χ3v) is 7.12. The Hall–Kier alpha value is -3.65. The second-order valence-corrected chi connectivity index (χ2v) is 9.41. The standard InChI is InChI=1S/C26H24N2O5S/c1-6-32-19-10-8-16(12-20(19)31-5)22-21-23(29)17-11-13(2)7-9-18(17)33-24(21)25(30)28(22)26-27-14(3)15(4)34-26/h7-12,22H,6H2,1-5H3/t22-/m0/s1. The monoisotopic (exact) mass is 476 g/mol. The number of benzene rings is 2. The average Bonchev–Trinajstić information content (AvgIpc) is 3.30. The number of hydrogen-bond donors (Lipinski definition) is 0. The lowest BCUT2D eigenvalue weighted by atomic mass is 9.98. The molecule has 0 fully saturated rings. The highest BCUT2D eigenvalue weighted by atomic mass is 32.1. The normalized spacial score (nSPS) is 15.1. The number of methoxy groups -OCH3 is 1. The first-order valence-electron chi connectivity index (χ1n) is 11.0. The highest BCUT2D eigenvalue weighted by Gasteiger charge is 2.45. The van der Waals surface area contributed by atoms with Crippen molar-refractivity contribution in [2.45, 2.75) is 33.7 Å². The fraction of sp³-hybridized carbons (Fsp3) is 0.269. The molecule has 0 saturated heterocycles. The van der Waals surface area contributed by atoms with Crippen LogP contribution in [-0.2, 0) is 0 Å². The number of fused-ring (bicyclic) bond motifs is 2. The lowest BCUT2D eigenvalue weighted by molar-refractivity contribution is 0.0971. The number of ether oxygens (including phenoxy) is 2. The zero-order valence-electron chi connectivity index (χ0n) is 19.6. The van der Waals surface area contributed by atoms with Gasteiger partial charge < -0.3 is 13.9 Å². The van der Waals surface area contributed by atoms with E-state index in [0.717, 1.165) is 16.1 Å². The van der Waals surface area contributed by atoms with Crippen LogP contribution in [0.5, 0.6) is 11.5 Å². The Kier molecular flexibility index (Phi) is 5.40. The predicted octanol–water partition coefficient (Wildman–Crippen LogP) is 5.33. The number of aryl methyl sites for hydroxylation is 3. The van der Waals surface area contributed by atoms with E-state index >= 15 is 0 Å². The van der Waals surface area contributed by atoms with Crippen molar-refractivity contribution in [3.63, 3.8) is 0 Å². The molecule has 4 aromatic rings. The Morgan fingerprint density at radius 2 is 1.88 bits per heavy atom. The molecule has 0 saturated carbocycles. The number of nitrogens with zero attached hydrogens (tertiary/aromatic N) is 2. The molecule has 34 heavy (non-hydrogen) atoms. The number of carbonyl (C=O) groups is 1. The summed E-state index contributed by atoms with van der Waals surface area (Å²) in [4.78, 5) is 34.6. The van der Waals surface area contributed by atoms with Gasteiger partial charge in [0.25, 0.3) is 5.91 Å². The zero-order valence-corrected chi connectivity index (χ0v) is 20.4. The van der Waals surface area contributed by atoms with Crippen LogP contribution in [0.1, 0.15) is 50.8 Å². The lowest BCUT2D eigenvalue weighted by Gasteiger charge is -2.23. The van der Waals surface area contributed by atoms with Gasteiger partial charge in [0.05, 0.1) is 36.4 Å². The Balaban J connectivity index is 1.79. The van der Waals surface area contributed by atoms with Gasteiger partial charge in [0.15, 0.2) is 22.1 Å². The molecule has 174 valence electrons. The van der Waals surface area contributed by atoms with Gasteiger partial charge in [-0.15, -0.1) is 11.3 Å². The van der Waals surface area contributed by atoms with E-state index in [1.807, 2.05) is 39.8 Å². The average molecular weight is 477 g/mol. The smallest absolute Gasteiger partial charge is 0.297 e. The molecule has 1 aliphatic rings. The van der Waals surface area contributed by atoms with Gasteiger partial charge in [-0.05, 0) is 57.5 Å².